The van der Waals surface area contributed by atoms with Crippen LogP contribution in [0.2, 0.25) is 0 Å². The van der Waals surface area contributed by atoms with Gasteiger partial charge >= 0.3 is 0 Å². The van der Waals surface area contributed by atoms with Crippen LogP contribution in [0.25, 0.3) is 0 Å². The minimum atomic E-state index is -3.63. The molecule has 2 N–H and O–H groups in total. The summed E-state index contributed by atoms with van der Waals surface area (Å²) >= 11 is 0. The summed E-state index contributed by atoms with van der Waals surface area (Å²) < 4.78 is 26.5. The van der Waals surface area contributed by atoms with Gasteiger partial charge in [-0.15, -0.1) is 6.58 Å². The highest BCUT2D eigenvalue weighted by atomic mass is 32.2. The number of sulfonamides is 1. The fourth-order valence-corrected chi connectivity index (χ4v) is 3.06. The van der Waals surface area contributed by atoms with Crippen molar-refractivity contribution in [2.24, 2.45) is 5.92 Å². The first-order chi connectivity index (χ1) is 10.8. The molecule has 0 radical (unpaired) electrons. The summed E-state index contributed by atoms with van der Waals surface area (Å²) in [5, 5.41) is 2.90. The highest BCUT2D eigenvalue weighted by molar-refractivity contribution is 7.89. The zero-order valence-electron chi connectivity index (χ0n) is 14.0. The molecule has 0 bridgehead atoms. The minimum absolute atomic E-state index is 0.0454. The maximum absolute atomic E-state index is 12.3. The summed E-state index contributed by atoms with van der Waals surface area (Å²) in [6, 6.07) is 6.07. The number of rotatable bonds is 9. The van der Waals surface area contributed by atoms with Crippen molar-refractivity contribution in [1.82, 2.24) is 10.0 Å². The Labute approximate surface area is 139 Å². The molecule has 0 fully saturated rings. The maximum Gasteiger partial charge on any atom is 0.251 e. The summed E-state index contributed by atoms with van der Waals surface area (Å²) in [5.41, 5.74) is 0.336. The lowest BCUT2D eigenvalue weighted by molar-refractivity contribution is 0.0937. The van der Waals surface area contributed by atoms with Crippen molar-refractivity contribution in [3.63, 3.8) is 0 Å². The van der Waals surface area contributed by atoms with Gasteiger partial charge in [0.25, 0.3) is 5.91 Å². The van der Waals surface area contributed by atoms with Crippen molar-refractivity contribution >= 4 is 15.9 Å². The Balaban J connectivity index is 2.79. The number of nitrogens with one attached hydrogen (secondary N) is 2. The van der Waals surface area contributed by atoms with Crippen molar-refractivity contribution in [3.05, 3.63) is 42.5 Å². The maximum atomic E-state index is 12.3. The van der Waals surface area contributed by atoms with Crippen LogP contribution < -0.4 is 10.0 Å². The van der Waals surface area contributed by atoms with E-state index in [-0.39, 0.29) is 23.4 Å². The van der Waals surface area contributed by atoms with E-state index in [1.54, 1.807) is 12.1 Å². The quantitative estimate of drug-likeness (QED) is 0.680. The van der Waals surface area contributed by atoms with Gasteiger partial charge in [0, 0.05) is 18.2 Å². The largest absolute Gasteiger partial charge is 0.350 e. The third kappa shape index (κ3) is 6.54. The van der Waals surface area contributed by atoms with E-state index in [0.717, 1.165) is 12.8 Å². The van der Waals surface area contributed by atoms with Gasteiger partial charge in [0.2, 0.25) is 10.0 Å². The number of hydrogen-bond acceptors (Lipinski definition) is 3. The summed E-state index contributed by atoms with van der Waals surface area (Å²) in [7, 11) is -3.63. The molecule has 128 valence electrons. The average molecular weight is 338 g/mol. The summed E-state index contributed by atoms with van der Waals surface area (Å²) in [5.74, 6) is 0.320. The van der Waals surface area contributed by atoms with Gasteiger partial charge in [0.05, 0.1) is 4.90 Å². The van der Waals surface area contributed by atoms with E-state index >= 15 is 0 Å². The molecule has 0 aromatic heterocycles. The third-order valence-electron chi connectivity index (χ3n) is 3.38. The number of amides is 1. The molecule has 1 atom stereocenters. The molecule has 5 nitrogen and oxygen atoms in total. The SMILES string of the molecule is C=CCNS(=O)(=O)c1cccc(C(=O)NC(C)CCC(C)C)c1. The molecule has 1 unspecified atom stereocenters. The molecular weight excluding hydrogens is 312 g/mol. The molecule has 0 aliphatic carbocycles. The Hall–Kier alpha value is -1.66. The molecule has 6 heteroatoms. The van der Waals surface area contributed by atoms with Crippen molar-refractivity contribution in [2.75, 3.05) is 6.54 Å². The lowest BCUT2D eigenvalue weighted by Crippen LogP contribution is -2.33. The predicted molar refractivity (Wildman–Crippen MR) is 92.8 cm³/mol. The molecular formula is C17H26N2O3S. The van der Waals surface area contributed by atoms with E-state index in [1.807, 2.05) is 6.92 Å². The molecule has 0 aliphatic heterocycles. The second kappa shape index (κ2) is 8.84. The van der Waals surface area contributed by atoms with Crippen molar-refractivity contribution in [1.29, 1.82) is 0 Å². The van der Waals surface area contributed by atoms with Crippen LogP contribution in [0, 0.1) is 5.92 Å². The van der Waals surface area contributed by atoms with Crippen LogP contribution in [-0.2, 0) is 10.0 Å². The second-order valence-electron chi connectivity index (χ2n) is 6.01. The fourth-order valence-electron chi connectivity index (χ4n) is 2.02. The Morgan fingerprint density at radius 1 is 1.26 bits per heavy atom. The van der Waals surface area contributed by atoms with Gasteiger partial charge in [-0.3, -0.25) is 4.79 Å². The van der Waals surface area contributed by atoms with Crippen molar-refractivity contribution in [3.8, 4) is 0 Å². The van der Waals surface area contributed by atoms with E-state index in [1.165, 1.54) is 18.2 Å². The van der Waals surface area contributed by atoms with E-state index in [2.05, 4.69) is 30.5 Å². The summed E-state index contributed by atoms with van der Waals surface area (Å²) in [4.78, 5) is 12.3. The van der Waals surface area contributed by atoms with E-state index < -0.39 is 10.0 Å². The lowest BCUT2D eigenvalue weighted by Gasteiger charge is -2.15. The smallest absolute Gasteiger partial charge is 0.251 e. The lowest BCUT2D eigenvalue weighted by atomic mass is 10.0. The Morgan fingerprint density at radius 2 is 1.96 bits per heavy atom. The van der Waals surface area contributed by atoms with Crippen molar-refractivity contribution in [2.45, 2.75) is 44.6 Å². The van der Waals surface area contributed by atoms with Crippen LogP contribution in [0.3, 0.4) is 0 Å². The van der Waals surface area contributed by atoms with E-state index in [9.17, 15) is 13.2 Å². The van der Waals surface area contributed by atoms with Crippen LogP contribution in [-0.4, -0.2) is 26.9 Å². The topological polar surface area (TPSA) is 75.3 Å². The second-order valence-corrected chi connectivity index (χ2v) is 7.78. The first-order valence-electron chi connectivity index (χ1n) is 7.77. The fraction of sp³-hybridized carbons (Fsp3) is 0.471. The van der Waals surface area contributed by atoms with Crippen LogP contribution in [0.15, 0.2) is 41.8 Å². The van der Waals surface area contributed by atoms with E-state index in [0.29, 0.717) is 11.5 Å². The van der Waals surface area contributed by atoms with Crippen LogP contribution in [0.1, 0.15) is 44.0 Å². The Bertz CT molecular complexity index is 639. The van der Waals surface area contributed by atoms with Gasteiger partial charge in [-0.25, -0.2) is 13.1 Å². The third-order valence-corrected chi connectivity index (χ3v) is 4.80. The molecule has 1 amide bonds. The minimum Gasteiger partial charge on any atom is -0.350 e. The zero-order valence-corrected chi connectivity index (χ0v) is 14.8. The number of hydrogen-bond donors (Lipinski definition) is 2. The molecule has 0 heterocycles. The normalized spacial score (nSPS) is 12.9. The molecule has 0 spiro atoms. The van der Waals surface area contributed by atoms with Crippen LogP contribution in [0.4, 0.5) is 0 Å². The van der Waals surface area contributed by atoms with E-state index in [4.69, 9.17) is 0 Å². The van der Waals surface area contributed by atoms with Gasteiger partial charge in [0.1, 0.15) is 0 Å². The molecule has 23 heavy (non-hydrogen) atoms. The van der Waals surface area contributed by atoms with Gasteiger partial charge in [0.15, 0.2) is 0 Å². The molecule has 1 aromatic carbocycles. The zero-order chi connectivity index (χ0) is 17.5. The van der Waals surface area contributed by atoms with Gasteiger partial charge in [-0.05, 0) is 43.9 Å². The van der Waals surface area contributed by atoms with Crippen LogP contribution in [0.5, 0.6) is 0 Å². The molecule has 1 rings (SSSR count). The predicted octanol–water partition coefficient (Wildman–Crippen LogP) is 2.71. The standard InChI is InChI=1S/C17H26N2O3S/c1-5-11-18-23(21,22)16-8-6-7-15(12-16)17(20)19-14(4)10-9-13(2)3/h5-8,12-14,18H,1,9-11H2,2-4H3,(H,19,20). The molecule has 0 saturated carbocycles. The highest BCUT2D eigenvalue weighted by Crippen LogP contribution is 2.12. The molecule has 1 aromatic rings. The summed E-state index contributed by atoms with van der Waals surface area (Å²) in [6.45, 7) is 9.85. The number of carbonyl (C=O) groups excluding carboxylic acids is 1. The van der Waals surface area contributed by atoms with Gasteiger partial charge in [-0.2, -0.15) is 0 Å². The Morgan fingerprint density at radius 3 is 2.57 bits per heavy atom. The first kappa shape index (κ1) is 19.4. The first-order valence-corrected chi connectivity index (χ1v) is 9.26. The molecule has 0 saturated heterocycles. The highest BCUT2D eigenvalue weighted by Gasteiger charge is 2.16. The number of benzene rings is 1. The van der Waals surface area contributed by atoms with Crippen molar-refractivity contribution < 1.29 is 13.2 Å². The van der Waals surface area contributed by atoms with Gasteiger partial charge in [-0.1, -0.05) is 26.0 Å². The van der Waals surface area contributed by atoms with Crippen LogP contribution >= 0.6 is 0 Å². The monoisotopic (exact) mass is 338 g/mol. The summed E-state index contributed by atoms with van der Waals surface area (Å²) in [6.07, 6.45) is 3.38. The molecule has 0 aliphatic rings. The Kier molecular flexibility index (Phi) is 7.45. The number of carbonyl (C=O) groups is 1. The van der Waals surface area contributed by atoms with Gasteiger partial charge < -0.3 is 5.32 Å². The average Bonchev–Trinajstić information content (AvgIpc) is 2.51.